The Morgan fingerprint density at radius 1 is 1.50 bits per heavy atom. The van der Waals surface area contributed by atoms with Gasteiger partial charge in [-0.05, 0) is 46.5 Å². The standard InChI is InChI=1S/C14H24N4O2/c1-10-15-11(2)18(17-10)9-5-8-14(3,13(19)20-4)16-12-6-7-12/h12,16H,5-9H2,1-4H3. The summed E-state index contributed by atoms with van der Waals surface area (Å²) in [5.41, 5.74) is -0.598. The molecule has 1 saturated carbocycles. The zero-order valence-corrected chi connectivity index (χ0v) is 12.8. The molecule has 0 amide bonds. The third-order valence-corrected chi connectivity index (χ3v) is 3.75. The number of nitrogens with zero attached hydrogens (tertiary/aromatic N) is 3. The van der Waals surface area contributed by atoms with Crippen molar-refractivity contribution in [1.82, 2.24) is 20.1 Å². The molecule has 0 bridgehead atoms. The predicted octanol–water partition coefficient (Wildman–Crippen LogP) is 1.36. The minimum absolute atomic E-state index is 0.184. The zero-order chi connectivity index (χ0) is 14.8. The van der Waals surface area contributed by atoms with Gasteiger partial charge in [0.15, 0.2) is 0 Å². The van der Waals surface area contributed by atoms with Crippen molar-refractivity contribution < 1.29 is 9.53 Å². The maximum atomic E-state index is 12.0. The molecule has 0 saturated heterocycles. The summed E-state index contributed by atoms with van der Waals surface area (Å²) < 4.78 is 6.83. The molecule has 6 nitrogen and oxygen atoms in total. The average Bonchev–Trinajstić information content (AvgIpc) is 3.14. The second kappa shape index (κ2) is 5.91. The Balaban J connectivity index is 1.91. The molecule has 1 aliphatic rings. The van der Waals surface area contributed by atoms with E-state index in [0.29, 0.717) is 6.04 Å². The molecule has 0 radical (unpaired) electrons. The van der Waals surface area contributed by atoms with Crippen LogP contribution in [-0.2, 0) is 16.1 Å². The Morgan fingerprint density at radius 2 is 2.20 bits per heavy atom. The van der Waals surface area contributed by atoms with Crippen molar-refractivity contribution >= 4 is 5.97 Å². The van der Waals surface area contributed by atoms with Gasteiger partial charge in [0.25, 0.3) is 0 Å². The molecule has 2 rings (SSSR count). The van der Waals surface area contributed by atoms with Crippen molar-refractivity contribution in [2.45, 2.75) is 64.6 Å². The summed E-state index contributed by atoms with van der Waals surface area (Å²) in [6.45, 7) is 6.53. The summed E-state index contributed by atoms with van der Waals surface area (Å²) in [6, 6.07) is 0.467. The van der Waals surface area contributed by atoms with Crippen LogP contribution < -0.4 is 5.32 Å². The van der Waals surface area contributed by atoms with E-state index in [2.05, 4.69) is 15.4 Å². The molecule has 0 spiro atoms. The first-order chi connectivity index (χ1) is 9.44. The highest BCUT2D eigenvalue weighted by Gasteiger charge is 2.38. The number of ether oxygens (including phenoxy) is 1. The fraction of sp³-hybridized carbons (Fsp3) is 0.786. The first kappa shape index (κ1) is 15.0. The lowest BCUT2D eigenvalue weighted by Gasteiger charge is -2.28. The molecule has 1 unspecified atom stereocenters. The molecule has 20 heavy (non-hydrogen) atoms. The number of nitrogens with one attached hydrogen (secondary N) is 1. The van der Waals surface area contributed by atoms with Gasteiger partial charge in [0.05, 0.1) is 7.11 Å². The summed E-state index contributed by atoms with van der Waals surface area (Å²) in [7, 11) is 1.44. The topological polar surface area (TPSA) is 69.0 Å². The van der Waals surface area contributed by atoms with Crippen LogP contribution in [0.4, 0.5) is 0 Å². The van der Waals surface area contributed by atoms with Gasteiger partial charge in [0.2, 0.25) is 0 Å². The Kier molecular flexibility index (Phi) is 4.42. The van der Waals surface area contributed by atoms with Gasteiger partial charge in [0.1, 0.15) is 17.2 Å². The van der Waals surface area contributed by atoms with Crippen molar-refractivity contribution in [3.05, 3.63) is 11.6 Å². The van der Waals surface area contributed by atoms with Crippen molar-refractivity contribution in [3.8, 4) is 0 Å². The molecule has 112 valence electrons. The highest BCUT2D eigenvalue weighted by Crippen LogP contribution is 2.25. The summed E-state index contributed by atoms with van der Waals surface area (Å²) in [6.07, 6.45) is 3.88. The summed E-state index contributed by atoms with van der Waals surface area (Å²) in [5, 5.41) is 7.74. The SMILES string of the molecule is COC(=O)C(C)(CCCn1nc(C)nc1C)NC1CC1. The van der Waals surface area contributed by atoms with E-state index in [0.717, 1.165) is 43.9 Å². The van der Waals surface area contributed by atoms with E-state index in [4.69, 9.17) is 4.74 Å². The lowest BCUT2D eigenvalue weighted by molar-refractivity contribution is -0.148. The van der Waals surface area contributed by atoms with E-state index in [1.807, 2.05) is 25.5 Å². The molecular weight excluding hydrogens is 256 g/mol. The van der Waals surface area contributed by atoms with Gasteiger partial charge >= 0.3 is 5.97 Å². The Labute approximate surface area is 119 Å². The minimum atomic E-state index is -0.598. The fourth-order valence-electron chi connectivity index (χ4n) is 2.49. The van der Waals surface area contributed by atoms with E-state index in [-0.39, 0.29) is 5.97 Å². The largest absolute Gasteiger partial charge is 0.468 e. The number of carbonyl (C=O) groups is 1. The predicted molar refractivity (Wildman–Crippen MR) is 75.3 cm³/mol. The third kappa shape index (κ3) is 3.56. The first-order valence-corrected chi connectivity index (χ1v) is 7.19. The van der Waals surface area contributed by atoms with Crippen molar-refractivity contribution in [3.63, 3.8) is 0 Å². The Bertz CT molecular complexity index is 482. The molecular formula is C14H24N4O2. The molecule has 1 aliphatic carbocycles. The van der Waals surface area contributed by atoms with E-state index in [9.17, 15) is 4.79 Å². The van der Waals surface area contributed by atoms with Gasteiger partial charge in [-0.15, -0.1) is 0 Å². The average molecular weight is 280 g/mol. The van der Waals surface area contributed by atoms with Crippen LogP contribution in [0.25, 0.3) is 0 Å². The molecule has 6 heteroatoms. The Morgan fingerprint density at radius 3 is 2.70 bits per heavy atom. The van der Waals surface area contributed by atoms with Gasteiger partial charge in [-0.3, -0.25) is 14.8 Å². The number of aromatic nitrogens is 3. The van der Waals surface area contributed by atoms with Crippen LogP contribution in [0, 0.1) is 13.8 Å². The number of esters is 1. The smallest absolute Gasteiger partial charge is 0.325 e. The maximum absolute atomic E-state index is 12.0. The molecule has 1 N–H and O–H groups in total. The fourth-order valence-corrected chi connectivity index (χ4v) is 2.49. The van der Waals surface area contributed by atoms with Crippen LogP contribution >= 0.6 is 0 Å². The molecule has 1 aromatic rings. The van der Waals surface area contributed by atoms with Crippen molar-refractivity contribution in [1.29, 1.82) is 0 Å². The Hall–Kier alpha value is -1.43. The normalized spacial score (nSPS) is 17.8. The van der Waals surface area contributed by atoms with Crippen LogP contribution in [0.2, 0.25) is 0 Å². The summed E-state index contributed by atoms with van der Waals surface area (Å²) in [5.74, 6) is 1.52. The van der Waals surface area contributed by atoms with Crippen LogP contribution in [-0.4, -0.2) is 39.4 Å². The molecule has 1 aromatic heterocycles. The van der Waals surface area contributed by atoms with Crippen molar-refractivity contribution in [2.24, 2.45) is 0 Å². The van der Waals surface area contributed by atoms with Crippen molar-refractivity contribution in [2.75, 3.05) is 7.11 Å². The monoisotopic (exact) mass is 280 g/mol. The number of methoxy groups -OCH3 is 1. The van der Waals surface area contributed by atoms with E-state index in [1.54, 1.807) is 0 Å². The van der Waals surface area contributed by atoms with Crippen LogP contribution in [0.1, 0.15) is 44.3 Å². The molecule has 0 aliphatic heterocycles. The number of hydrogen-bond donors (Lipinski definition) is 1. The van der Waals surface area contributed by atoms with Crippen LogP contribution in [0.5, 0.6) is 0 Å². The lowest BCUT2D eigenvalue weighted by atomic mass is 9.95. The third-order valence-electron chi connectivity index (χ3n) is 3.75. The highest BCUT2D eigenvalue weighted by molar-refractivity contribution is 5.80. The van der Waals surface area contributed by atoms with E-state index < -0.39 is 5.54 Å². The molecule has 1 heterocycles. The van der Waals surface area contributed by atoms with Gasteiger partial charge in [-0.2, -0.15) is 5.10 Å². The second-order valence-corrected chi connectivity index (χ2v) is 5.78. The molecule has 1 atom stereocenters. The quantitative estimate of drug-likeness (QED) is 0.764. The molecule has 0 aromatic carbocycles. The highest BCUT2D eigenvalue weighted by atomic mass is 16.5. The number of aryl methyl sites for hydroxylation is 3. The zero-order valence-electron chi connectivity index (χ0n) is 12.8. The second-order valence-electron chi connectivity index (χ2n) is 5.78. The van der Waals surface area contributed by atoms with E-state index in [1.165, 1.54) is 7.11 Å². The summed E-state index contributed by atoms with van der Waals surface area (Å²) in [4.78, 5) is 16.3. The number of rotatable bonds is 7. The van der Waals surface area contributed by atoms with Crippen LogP contribution in [0.3, 0.4) is 0 Å². The van der Waals surface area contributed by atoms with Gasteiger partial charge in [-0.25, -0.2) is 4.98 Å². The van der Waals surface area contributed by atoms with Gasteiger partial charge < -0.3 is 4.74 Å². The minimum Gasteiger partial charge on any atom is -0.468 e. The number of carbonyl (C=O) groups excluding carboxylic acids is 1. The molecule has 1 fully saturated rings. The lowest BCUT2D eigenvalue weighted by Crippen LogP contribution is -2.51. The first-order valence-electron chi connectivity index (χ1n) is 7.19. The van der Waals surface area contributed by atoms with Gasteiger partial charge in [-0.1, -0.05) is 0 Å². The van der Waals surface area contributed by atoms with Crippen LogP contribution in [0.15, 0.2) is 0 Å². The van der Waals surface area contributed by atoms with E-state index >= 15 is 0 Å². The maximum Gasteiger partial charge on any atom is 0.325 e. The summed E-state index contributed by atoms with van der Waals surface area (Å²) >= 11 is 0. The van der Waals surface area contributed by atoms with Gasteiger partial charge in [0, 0.05) is 12.6 Å². The number of hydrogen-bond acceptors (Lipinski definition) is 5.